The number of piperidine rings is 3. The van der Waals surface area contributed by atoms with E-state index in [1.807, 2.05) is 18.2 Å². The van der Waals surface area contributed by atoms with E-state index in [2.05, 4.69) is 75.3 Å². The highest BCUT2D eigenvalue weighted by Gasteiger charge is 2.35. The molecule has 35 heavy (non-hydrogen) atoms. The normalized spacial score (nSPS) is 22.2. The molecule has 2 amide bonds. The molecule has 190 valence electrons. The molecule has 3 aliphatic rings. The number of benzene rings is 2. The van der Waals surface area contributed by atoms with E-state index in [0.29, 0.717) is 11.7 Å². The first kappa shape index (κ1) is 25.6. The van der Waals surface area contributed by atoms with Gasteiger partial charge >= 0.3 is 6.03 Å². The lowest BCUT2D eigenvalue weighted by Crippen LogP contribution is -2.57. The van der Waals surface area contributed by atoms with Crippen LogP contribution in [-0.4, -0.2) is 41.7 Å². The van der Waals surface area contributed by atoms with Crippen LogP contribution in [0.3, 0.4) is 0 Å². The Kier molecular flexibility index (Phi) is 7.19. The van der Waals surface area contributed by atoms with Gasteiger partial charge in [-0.05, 0) is 83.8 Å². The summed E-state index contributed by atoms with van der Waals surface area (Å²) in [5, 5.41) is 17.4. The Morgan fingerprint density at radius 2 is 1.57 bits per heavy atom. The molecule has 3 fully saturated rings. The fourth-order valence-corrected chi connectivity index (χ4v) is 5.58. The number of carbonyl (C=O) groups is 1. The number of para-hydroxylation sites is 1. The van der Waals surface area contributed by atoms with Crippen molar-refractivity contribution in [3.05, 3.63) is 58.7 Å². The number of rotatable bonds is 5. The summed E-state index contributed by atoms with van der Waals surface area (Å²) in [7, 11) is 0. The molecule has 0 aliphatic carbocycles. The van der Waals surface area contributed by atoms with E-state index >= 15 is 0 Å². The van der Waals surface area contributed by atoms with Gasteiger partial charge in [0.15, 0.2) is 0 Å². The van der Waals surface area contributed by atoms with Crippen LogP contribution in [0.15, 0.2) is 36.4 Å². The van der Waals surface area contributed by atoms with Crippen molar-refractivity contribution in [2.75, 3.05) is 25.0 Å². The number of nitrogens with zero attached hydrogens (tertiary/aromatic N) is 1. The van der Waals surface area contributed by atoms with Gasteiger partial charge < -0.3 is 20.6 Å². The molecule has 0 radical (unpaired) electrons. The second-order valence-corrected chi connectivity index (χ2v) is 12.5. The number of nitrogens with one attached hydrogen (secondary N) is 2. The monoisotopic (exact) mass is 477 g/mol. The molecule has 3 saturated heterocycles. The summed E-state index contributed by atoms with van der Waals surface area (Å²) in [4.78, 5) is 15.3. The van der Waals surface area contributed by atoms with Crippen LogP contribution in [0, 0.1) is 5.92 Å². The predicted octanol–water partition coefficient (Wildman–Crippen LogP) is 5.99. The zero-order valence-electron chi connectivity index (χ0n) is 22.4. The molecule has 3 N–H and O–H groups in total. The Labute approximate surface area is 211 Å². The van der Waals surface area contributed by atoms with Gasteiger partial charge in [0.05, 0.1) is 0 Å². The van der Waals surface area contributed by atoms with Crippen molar-refractivity contribution >= 4 is 11.7 Å². The molecule has 5 nitrogen and oxygen atoms in total. The van der Waals surface area contributed by atoms with E-state index in [1.54, 1.807) is 0 Å². The Hall–Kier alpha value is -2.53. The van der Waals surface area contributed by atoms with Gasteiger partial charge in [-0.1, -0.05) is 71.9 Å². The summed E-state index contributed by atoms with van der Waals surface area (Å²) in [5.74, 6) is 1.02. The highest BCUT2D eigenvalue weighted by Crippen LogP contribution is 2.40. The maximum absolute atomic E-state index is 12.9. The summed E-state index contributed by atoms with van der Waals surface area (Å²) in [6, 6.07) is 12.5. The lowest BCUT2D eigenvalue weighted by atomic mass is 9.78. The van der Waals surface area contributed by atoms with Gasteiger partial charge in [-0.25, -0.2) is 4.79 Å². The van der Waals surface area contributed by atoms with Crippen molar-refractivity contribution < 1.29 is 9.90 Å². The number of anilines is 1. The van der Waals surface area contributed by atoms with Crippen LogP contribution >= 0.6 is 0 Å². The summed E-state index contributed by atoms with van der Waals surface area (Å²) in [6.45, 7) is 16.2. The first-order valence-electron chi connectivity index (χ1n) is 13.2. The summed E-state index contributed by atoms with van der Waals surface area (Å²) in [6.07, 6.45) is 4.02. The average Bonchev–Trinajstić information content (AvgIpc) is 2.78. The van der Waals surface area contributed by atoms with Crippen molar-refractivity contribution in [1.29, 1.82) is 0 Å². The number of phenolic OH excluding ortho intramolecular Hbond substituents is 1. The minimum Gasteiger partial charge on any atom is -0.507 e. The van der Waals surface area contributed by atoms with Gasteiger partial charge in [0.1, 0.15) is 5.75 Å². The molecule has 0 aromatic heterocycles. The van der Waals surface area contributed by atoms with Gasteiger partial charge in [-0.3, -0.25) is 0 Å². The van der Waals surface area contributed by atoms with Crippen LogP contribution in [0.4, 0.5) is 10.5 Å². The highest BCUT2D eigenvalue weighted by molar-refractivity contribution is 5.90. The lowest BCUT2D eigenvalue weighted by molar-refractivity contribution is 0.0777. The third-order valence-corrected chi connectivity index (χ3v) is 7.71. The minimum absolute atomic E-state index is 0.106. The number of urea groups is 1. The Balaban J connectivity index is 1.48. The molecule has 1 atom stereocenters. The fourth-order valence-electron chi connectivity index (χ4n) is 5.58. The number of aryl methyl sites for hydroxylation is 2. The van der Waals surface area contributed by atoms with Gasteiger partial charge in [-0.2, -0.15) is 0 Å². The Morgan fingerprint density at radius 1 is 0.971 bits per heavy atom. The molecule has 3 aliphatic heterocycles. The van der Waals surface area contributed by atoms with Gasteiger partial charge in [0, 0.05) is 18.3 Å². The van der Waals surface area contributed by atoms with Crippen LogP contribution in [0.25, 0.3) is 0 Å². The lowest BCUT2D eigenvalue weighted by Gasteiger charge is -2.44. The average molecular weight is 478 g/mol. The van der Waals surface area contributed by atoms with E-state index in [0.717, 1.165) is 41.8 Å². The van der Waals surface area contributed by atoms with Gasteiger partial charge in [0.2, 0.25) is 0 Å². The minimum atomic E-state index is -0.146. The van der Waals surface area contributed by atoms with E-state index in [1.165, 1.54) is 31.5 Å². The number of fused-ring (bicyclic) bond motifs is 3. The summed E-state index contributed by atoms with van der Waals surface area (Å²) < 4.78 is 0. The van der Waals surface area contributed by atoms with Crippen molar-refractivity contribution in [3.63, 3.8) is 0 Å². The second-order valence-electron chi connectivity index (χ2n) is 12.5. The van der Waals surface area contributed by atoms with Crippen molar-refractivity contribution in [1.82, 2.24) is 10.2 Å². The zero-order chi connectivity index (χ0) is 25.4. The standard InChI is InChI=1S/C30H43N3O2/c1-29(2,3)23-17-20(18-24(27(23)34)30(4,5)6)11-12-21-9-7-8-10-25(21)31-28(35)32-26-19-33-15-13-22(26)14-16-33/h7-10,17-18,22,26,34H,11-16,19H2,1-6H3,(H2,31,32,35). The molecule has 5 heteroatoms. The van der Waals surface area contributed by atoms with Crippen molar-refractivity contribution in [3.8, 4) is 5.75 Å². The maximum atomic E-state index is 12.9. The Morgan fingerprint density at radius 3 is 2.11 bits per heavy atom. The van der Waals surface area contributed by atoms with E-state index in [-0.39, 0.29) is 22.9 Å². The first-order chi connectivity index (χ1) is 16.4. The first-order valence-corrected chi connectivity index (χ1v) is 13.2. The SMILES string of the molecule is CC(C)(C)c1cc(CCc2ccccc2NC(=O)NC2CN3CCC2CC3)cc(C(C)(C)C)c1O. The van der Waals surface area contributed by atoms with E-state index in [9.17, 15) is 9.90 Å². The highest BCUT2D eigenvalue weighted by atomic mass is 16.3. The topological polar surface area (TPSA) is 64.6 Å². The summed E-state index contributed by atoms with van der Waals surface area (Å²) >= 11 is 0. The van der Waals surface area contributed by atoms with Crippen LogP contribution in [0.1, 0.15) is 76.6 Å². The molecule has 2 bridgehead atoms. The Bertz CT molecular complexity index is 1020. The smallest absolute Gasteiger partial charge is 0.319 e. The number of carbonyl (C=O) groups excluding carboxylic acids is 1. The van der Waals surface area contributed by atoms with Gasteiger partial charge in [0.25, 0.3) is 0 Å². The molecular weight excluding hydrogens is 434 g/mol. The van der Waals surface area contributed by atoms with E-state index in [4.69, 9.17) is 0 Å². The number of aromatic hydroxyl groups is 1. The molecule has 0 saturated carbocycles. The number of hydrogen-bond acceptors (Lipinski definition) is 3. The molecule has 2 aromatic carbocycles. The third-order valence-electron chi connectivity index (χ3n) is 7.71. The zero-order valence-corrected chi connectivity index (χ0v) is 22.4. The van der Waals surface area contributed by atoms with Crippen molar-refractivity contribution in [2.24, 2.45) is 5.92 Å². The second kappa shape index (κ2) is 9.85. The number of hydrogen-bond donors (Lipinski definition) is 3. The molecular formula is C30H43N3O2. The third kappa shape index (κ3) is 6.00. The maximum Gasteiger partial charge on any atom is 0.319 e. The molecule has 1 unspecified atom stereocenters. The number of phenols is 1. The molecule has 3 heterocycles. The van der Waals surface area contributed by atoms with Crippen LogP contribution in [0.5, 0.6) is 5.75 Å². The summed E-state index contributed by atoms with van der Waals surface area (Å²) in [5.41, 5.74) is 4.89. The van der Waals surface area contributed by atoms with Crippen LogP contribution in [0.2, 0.25) is 0 Å². The van der Waals surface area contributed by atoms with Gasteiger partial charge in [-0.15, -0.1) is 0 Å². The van der Waals surface area contributed by atoms with Crippen LogP contribution < -0.4 is 10.6 Å². The molecule has 0 spiro atoms. The predicted molar refractivity (Wildman–Crippen MR) is 144 cm³/mol. The quantitative estimate of drug-likeness (QED) is 0.496. The van der Waals surface area contributed by atoms with Crippen LogP contribution in [-0.2, 0) is 23.7 Å². The fraction of sp³-hybridized carbons (Fsp3) is 0.567. The molecule has 2 aromatic rings. The van der Waals surface area contributed by atoms with Crippen molar-refractivity contribution in [2.45, 2.75) is 84.1 Å². The molecule has 5 rings (SSSR count). The largest absolute Gasteiger partial charge is 0.507 e. The van der Waals surface area contributed by atoms with E-state index < -0.39 is 0 Å². The number of amides is 2.